The summed E-state index contributed by atoms with van der Waals surface area (Å²) >= 11 is 0. The second-order valence-corrected chi connectivity index (χ2v) is 5.29. The fourth-order valence-electron chi connectivity index (χ4n) is 1.55. The molecular weight excluding hydrogens is 222 g/mol. The molecule has 0 aliphatic heterocycles. The van der Waals surface area contributed by atoms with Crippen LogP contribution in [-0.4, -0.2) is 37.2 Å². The number of hydrogen-bond acceptors (Lipinski definition) is 4. The quantitative estimate of drug-likeness (QED) is 0.587. The van der Waals surface area contributed by atoms with Crippen molar-refractivity contribution in [3.63, 3.8) is 0 Å². The van der Waals surface area contributed by atoms with Gasteiger partial charge in [0.15, 0.2) is 0 Å². The number of nitrogens with one attached hydrogen (secondary N) is 1. The summed E-state index contributed by atoms with van der Waals surface area (Å²) in [5, 5.41) is 2.61. The van der Waals surface area contributed by atoms with Crippen molar-refractivity contribution in [2.24, 2.45) is 5.92 Å². The summed E-state index contributed by atoms with van der Waals surface area (Å²) in [6, 6.07) is 0. The first-order chi connectivity index (χ1) is 7.90. The molecule has 0 saturated heterocycles. The van der Waals surface area contributed by atoms with Crippen molar-refractivity contribution >= 4 is 12.4 Å². The second-order valence-electron chi connectivity index (χ2n) is 5.29. The average Bonchev–Trinajstić information content (AvgIpc) is 2.11. The Labute approximate surface area is 102 Å². The highest BCUT2D eigenvalue weighted by atomic mass is 16.6. The van der Waals surface area contributed by atoms with E-state index in [1.54, 1.807) is 0 Å². The Bertz CT molecular complexity index is 266. The summed E-state index contributed by atoms with van der Waals surface area (Å²) in [5.41, 5.74) is -0.476. The Hall–Kier alpha value is -1.10. The maximum atomic E-state index is 11.3. The van der Waals surface area contributed by atoms with Crippen molar-refractivity contribution in [3.05, 3.63) is 0 Å². The molecule has 5 heteroatoms. The Kier molecular flexibility index (Phi) is 4.93. The smallest absolute Gasteiger partial charge is 0.407 e. The number of ether oxygens (including phenoxy) is 2. The molecule has 1 saturated carbocycles. The molecule has 0 aromatic heterocycles. The predicted octanol–water partition coefficient (Wildman–Crippen LogP) is 1.51. The molecule has 0 heterocycles. The van der Waals surface area contributed by atoms with Crippen LogP contribution in [0.3, 0.4) is 0 Å². The van der Waals surface area contributed by atoms with Crippen LogP contribution in [0.1, 0.15) is 33.6 Å². The van der Waals surface area contributed by atoms with Gasteiger partial charge >= 0.3 is 6.09 Å². The van der Waals surface area contributed by atoms with Crippen LogP contribution in [-0.2, 0) is 14.3 Å². The van der Waals surface area contributed by atoms with Crippen LogP contribution in [0.4, 0.5) is 4.79 Å². The van der Waals surface area contributed by atoms with E-state index in [0.717, 1.165) is 19.1 Å². The number of carbonyl (C=O) groups is 2. The topological polar surface area (TPSA) is 64.6 Å². The SMILES string of the molecule is CC(C)(C)OC(=O)NCCO[C@H]1C[C@H](C=O)C1. The zero-order valence-electron chi connectivity index (χ0n) is 10.7. The number of amides is 1. The highest BCUT2D eigenvalue weighted by molar-refractivity contribution is 5.67. The van der Waals surface area contributed by atoms with E-state index in [1.165, 1.54) is 0 Å². The summed E-state index contributed by atoms with van der Waals surface area (Å²) < 4.78 is 10.5. The van der Waals surface area contributed by atoms with Crippen LogP contribution >= 0.6 is 0 Å². The minimum Gasteiger partial charge on any atom is -0.444 e. The van der Waals surface area contributed by atoms with Gasteiger partial charge in [0.1, 0.15) is 11.9 Å². The molecule has 1 fully saturated rings. The van der Waals surface area contributed by atoms with Gasteiger partial charge in [0, 0.05) is 12.5 Å². The van der Waals surface area contributed by atoms with Gasteiger partial charge in [-0.05, 0) is 33.6 Å². The van der Waals surface area contributed by atoms with Gasteiger partial charge in [-0.25, -0.2) is 4.79 Å². The van der Waals surface area contributed by atoms with E-state index in [9.17, 15) is 9.59 Å². The molecule has 17 heavy (non-hydrogen) atoms. The van der Waals surface area contributed by atoms with Crippen molar-refractivity contribution < 1.29 is 19.1 Å². The third kappa shape index (κ3) is 5.68. The summed E-state index contributed by atoms with van der Waals surface area (Å²) in [6.07, 6.45) is 2.32. The average molecular weight is 243 g/mol. The fourth-order valence-corrected chi connectivity index (χ4v) is 1.55. The van der Waals surface area contributed by atoms with E-state index in [1.807, 2.05) is 20.8 Å². The molecule has 0 aromatic rings. The first-order valence-electron chi connectivity index (χ1n) is 5.94. The Morgan fingerprint density at radius 3 is 2.59 bits per heavy atom. The molecular formula is C12H21NO4. The van der Waals surface area contributed by atoms with Crippen LogP contribution in [0.25, 0.3) is 0 Å². The molecule has 0 aromatic carbocycles. The molecule has 0 unspecified atom stereocenters. The van der Waals surface area contributed by atoms with E-state index >= 15 is 0 Å². The molecule has 1 aliphatic rings. The summed E-state index contributed by atoms with van der Waals surface area (Å²) in [7, 11) is 0. The zero-order chi connectivity index (χ0) is 12.9. The van der Waals surface area contributed by atoms with Crippen LogP contribution in [0.2, 0.25) is 0 Å². The molecule has 5 nitrogen and oxygen atoms in total. The Morgan fingerprint density at radius 2 is 2.06 bits per heavy atom. The fraction of sp³-hybridized carbons (Fsp3) is 0.833. The number of carbonyl (C=O) groups excluding carboxylic acids is 2. The number of rotatable bonds is 5. The monoisotopic (exact) mass is 243 g/mol. The number of hydrogen-bond donors (Lipinski definition) is 1. The van der Waals surface area contributed by atoms with E-state index in [-0.39, 0.29) is 12.0 Å². The third-order valence-electron chi connectivity index (χ3n) is 2.45. The highest BCUT2D eigenvalue weighted by Crippen LogP contribution is 2.27. The van der Waals surface area contributed by atoms with Crippen LogP contribution in [0.5, 0.6) is 0 Å². The summed E-state index contributed by atoms with van der Waals surface area (Å²) in [6.45, 7) is 6.33. The molecule has 0 atom stereocenters. The molecule has 1 amide bonds. The van der Waals surface area contributed by atoms with Gasteiger partial charge in [0.05, 0.1) is 12.7 Å². The Balaban J connectivity index is 1.98. The maximum absolute atomic E-state index is 11.3. The normalized spacial score (nSPS) is 23.7. The van der Waals surface area contributed by atoms with E-state index in [2.05, 4.69) is 5.32 Å². The van der Waals surface area contributed by atoms with Crippen molar-refractivity contribution in [1.82, 2.24) is 5.32 Å². The lowest BCUT2D eigenvalue weighted by Crippen LogP contribution is -2.37. The number of aldehydes is 1. The molecule has 1 N–H and O–H groups in total. The molecule has 0 spiro atoms. The zero-order valence-corrected chi connectivity index (χ0v) is 10.7. The lowest BCUT2D eigenvalue weighted by Gasteiger charge is -2.31. The van der Waals surface area contributed by atoms with Crippen molar-refractivity contribution in [1.29, 1.82) is 0 Å². The highest BCUT2D eigenvalue weighted by Gasteiger charge is 2.29. The molecule has 0 bridgehead atoms. The van der Waals surface area contributed by atoms with Gasteiger partial charge < -0.3 is 19.6 Å². The minimum atomic E-state index is -0.476. The molecule has 0 radical (unpaired) electrons. The van der Waals surface area contributed by atoms with E-state index < -0.39 is 11.7 Å². The van der Waals surface area contributed by atoms with Gasteiger partial charge in [0.25, 0.3) is 0 Å². The Morgan fingerprint density at radius 1 is 1.41 bits per heavy atom. The molecule has 1 rings (SSSR count). The van der Waals surface area contributed by atoms with E-state index in [4.69, 9.17) is 9.47 Å². The van der Waals surface area contributed by atoms with Crippen molar-refractivity contribution in [3.8, 4) is 0 Å². The first-order valence-corrected chi connectivity index (χ1v) is 5.94. The third-order valence-corrected chi connectivity index (χ3v) is 2.45. The van der Waals surface area contributed by atoms with Gasteiger partial charge in [-0.1, -0.05) is 0 Å². The lowest BCUT2D eigenvalue weighted by molar-refractivity contribution is -0.119. The van der Waals surface area contributed by atoms with Gasteiger partial charge in [-0.15, -0.1) is 0 Å². The van der Waals surface area contributed by atoms with Gasteiger partial charge in [0.2, 0.25) is 0 Å². The van der Waals surface area contributed by atoms with Crippen LogP contribution < -0.4 is 5.32 Å². The van der Waals surface area contributed by atoms with Crippen LogP contribution in [0, 0.1) is 5.92 Å². The standard InChI is InChI=1S/C12H21NO4/c1-12(2,3)17-11(15)13-4-5-16-10-6-9(7-10)8-14/h8-10H,4-7H2,1-3H3,(H,13,15)/t9-,10-. The van der Waals surface area contributed by atoms with Gasteiger partial charge in [-0.2, -0.15) is 0 Å². The molecule has 98 valence electrons. The van der Waals surface area contributed by atoms with Crippen molar-refractivity contribution in [2.75, 3.05) is 13.2 Å². The minimum absolute atomic E-state index is 0.166. The number of alkyl carbamates (subject to hydrolysis) is 1. The summed E-state index contributed by atoms with van der Waals surface area (Å²) in [4.78, 5) is 21.6. The predicted molar refractivity (Wildman–Crippen MR) is 62.8 cm³/mol. The van der Waals surface area contributed by atoms with Gasteiger partial charge in [-0.3, -0.25) is 0 Å². The van der Waals surface area contributed by atoms with Crippen molar-refractivity contribution in [2.45, 2.75) is 45.3 Å². The van der Waals surface area contributed by atoms with E-state index in [0.29, 0.717) is 13.2 Å². The lowest BCUT2D eigenvalue weighted by atomic mass is 9.83. The second kappa shape index (κ2) is 6.00. The largest absolute Gasteiger partial charge is 0.444 e. The molecule has 1 aliphatic carbocycles. The maximum Gasteiger partial charge on any atom is 0.407 e. The summed E-state index contributed by atoms with van der Waals surface area (Å²) in [5.74, 6) is 0.166. The van der Waals surface area contributed by atoms with Crippen LogP contribution in [0.15, 0.2) is 0 Å². The first kappa shape index (κ1) is 14.0.